The van der Waals surface area contributed by atoms with Crippen LogP contribution in [0.15, 0.2) is 60.7 Å². The number of hydrogen-bond acceptors (Lipinski definition) is 2. The smallest absolute Gasteiger partial charge is 0.234 e. The number of benzene rings is 2. The Morgan fingerprint density at radius 1 is 0.960 bits per heavy atom. The van der Waals surface area contributed by atoms with Gasteiger partial charge in [0.25, 0.3) is 0 Å². The van der Waals surface area contributed by atoms with Gasteiger partial charge < -0.3 is 5.32 Å². The van der Waals surface area contributed by atoms with Gasteiger partial charge in [-0.1, -0.05) is 74.5 Å². The van der Waals surface area contributed by atoms with E-state index in [4.69, 9.17) is 0 Å². The molecule has 25 heavy (non-hydrogen) atoms. The van der Waals surface area contributed by atoms with Gasteiger partial charge in [0, 0.05) is 13.1 Å². The Labute approximate surface area is 151 Å². The fourth-order valence-electron chi connectivity index (χ4n) is 3.98. The number of nitrogens with one attached hydrogen (secondary N) is 1. The van der Waals surface area contributed by atoms with E-state index in [2.05, 4.69) is 48.3 Å². The summed E-state index contributed by atoms with van der Waals surface area (Å²) in [4.78, 5) is 15.0. The Morgan fingerprint density at radius 3 is 1.92 bits per heavy atom. The first kappa shape index (κ1) is 17.7. The minimum Gasteiger partial charge on any atom is -0.344 e. The van der Waals surface area contributed by atoms with E-state index in [1.54, 1.807) is 0 Å². The first-order valence-corrected chi connectivity index (χ1v) is 9.23. The number of piperidine rings is 1. The first-order valence-electron chi connectivity index (χ1n) is 9.23. The molecule has 0 spiro atoms. The quantitative estimate of drug-likeness (QED) is 0.899. The third-order valence-electron chi connectivity index (χ3n) is 4.88. The number of rotatable bonds is 5. The molecule has 3 nitrogen and oxygen atoms in total. The summed E-state index contributed by atoms with van der Waals surface area (Å²) in [5.41, 5.74) is 2.23. The van der Waals surface area contributed by atoms with Gasteiger partial charge >= 0.3 is 0 Å². The molecule has 1 fully saturated rings. The summed E-state index contributed by atoms with van der Waals surface area (Å²) in [7, 11) is 0. The summed E-state index contributed by atoms with van der Waals surface area (Å²) in [6.45, 7) is 7.05. The summed E-state index contributed by atoms with van der Waals surface area (Å²) in [5.74, 6) is 1.42. The molecule has 0 aliphatic carbocycles. The minimum atomic E-state index is -0.102. The lowest BCUT2D eigenvalue weighted by atomic mass is 9.92. The number of carbonyl (C=O) groups is 1. The van der Waals surface area contributed by atoms with Crippen molar-refractivity contribution in [3.63, 3.8) is 0 Å². The van der Waals surface area contributed by atoms with Crippen LogP contribution in [0.1, 0.15) is 37.4 Å². The van der Waals surface area contributed by atoms with Crippen molar-refractivity contribution in [3.05, 3.63) is 71.8 Å². The second kappa shape index (κ2) is 8.30. The zero-order valence-corrected chi connectivity index (χ0v) is 15.2. The molecule has 0 bridgehead atoms. The van der Waals surface area contributed by atoms with Gasteiger partial charge in [0.1, 0.15) is 0 Å². The van der Waals surface area contributed by atoms with Crippen LogP contribution >= 0.6 is 0 Å². The number of likely N-dealkylation sites (tertiary alicyclic amines) is 1. The third kappa shape index (κ3) is 4.93. The van der Waals surface area contributed by atoms with Gasteiger partial charge in [-0.3, -0.25) is 9.69 Å². The molecule has 2 aromatic rings. The molecule has 3 rings (SSSR count). The fraction of sp³-hybridized carbons (Fsp3) is 0.409. The topological polar surface area (TPSA) is 32.3 Å². The number of carbonyl (C=O) groups excluding carboxylic acids is 1. The lowest BCUT2D eigenvalue weighted by Gasteiger charge is -2.34. The van der Waals surface area contributed by atoms with E-state index in [0.29, 0.717) is 18.4 Å². The van der Waals surface area contributed by atoms with Gasteiger partial charge in [0.05, 0.1) is 12.6 Å². The molecule has 1 saturated heterocycles. The van der Waals surface area contributed by atoms with E-state index in [1.165, 1.54) is 6.42 Å². The second-order valence-electron chi connectivity index (χ2n) is 7.46. The van der Waals surface area contributed by atoms with Gasteiger partial charge in [-0.15, -0.1) is 0 Å². The highest BCUT2D eigenvalue weighted by atomic mass is 16.2. The van der Waals surface area contributed by atoms with Crippen LogP contribution in [0.4, 0.5) is 0 Å². The molecule has 0 unspecified atom stereocenters. The predicted octanol–water partition coefficient (Wildman–Crippen LogP) is 3.87. The van der Waals surface area contributed by atoms with Crippen molar-refractivity contribution in [2.24, 2.45) is 11.8 Å². The molecular formula is C22H28N2O. The lowest BCUT2D eigenvalue weighted by molar-refractivity contribution is -0.123. The van der Waals surface area contributed by atoms with E-state index in [9.17, 15) is 4.79 Å². The largest absolute Gasteiger partial charge is 0.344 e. The second-order valence-corrected chi connectivity index (χ2v) is 7.46. The van der Waals surface area contributed by atoms with Crippen molar-refractivity contribution >= 4 is 5.91 Å². The van der Waals surface area contributed by atoms with Crippen molar-refractivity contribution in [2.75, 3.05) is 19.6 Å². The third-order valence-corrected chi connectivity index (χ3v) is 4.88. The minimum absolute atomic E-state index is 0.0963. The molecule has 1 N–H and O–H groups in total. The molecule has 2 atom stereocenters. The monoisotopic (exact) mass is 336 g/mol. The van der Waals surface area contributed by atoms with E-state index < -0.39 is 0 Å². The zero-order chi connectivity index (χ0) is 17.6. The van der Waals surface area contributed by atoms with E-state index in [-0.39, 0.29) is 11.9 Å². The Bertz CT molecular complexity index is 621. The maximum atomic E-state index is 12.7. The Kier molecular flexibility index (Phi) is 5.87. The van der Waals surface area contributed by atoms with Gasteiger partial charge in [-0.05, 0) is 29.4 Å². The molecule has 0 saturated carbocycles. The molecule has 0 aromatic heterocycles. The van der Waals surface area contributed by atoms with Crippen molar-refractivity contribution < 1.29 is 4.79 Å². The van der Waals surface area contributed by atoms with Crippen LogP contribution in [-0.4, -0.2) is 30.4 Å². The Morgan fingerprint density at radius 2 is 1.44 bits per heavy atom. The van der Waals surface area contributed by atoms with Crippen molar-refractivity contribution in [1.82, 2.24) is 10.2 Å². The number of hydrogen-bond donors (Lipinski definition) is 1. The number of nitrogens with zero attached hydrogens (tertiary/aromatic N) is 1. The maximum Gasteiger partial charge on any atom is 0.234 e. The van der Waals surface area contributed by atoms with Crippen LogP contribution in [0.25, 0.3) is 0 Å². The van der Waals surface area contributed by atoms with E-state index in [0.717, 1.165) is 24.2 Å². The van der Waals surface area contributed by atoms with Crippen molar-refractivity contribution in [1.29, 1.82) is 0 Å². The molecule has 2 aromatic carbocycles. The van der Waals surface area contributed by atoms with Crippen LogP contribution in [0.3, 0.4) is 0 Å². The van der Waals surface area contributed by atoms with Crippen LogP contribution in [0, 0.1) is 11.8 Å². The van der Waals surface area contributed by atoms with Crippen LogP contribution in [0.5, 0.6) is 0 Å². The highest BCUT2D eigenvalue weighted by Crippen LogP contribution is 2.23. The highest BCUT2D eigenvalue weighted by molar-refractivity contribution is 5.79. The van der Waals surface area contributed by atoms with Gasteiger partial charge in [-0.25, -0.2) is 0 Å². The fourth-order valence-corrected chi connectivity index (χ4v) is 3.98. The average Bonchev–Trinajstić information content (AvgIpc) is 2.60. The maximum absolute atomic E-state index is 12.7. The summed E-state index contributed by atoms with van der Waals surface area (Å²) in [6, 6.07) is 20.3. The SMILES string of the molecule is C[C@@H]1C[C@@H](C)CN(CC(=O)NC(c2ccccc2)c2ccccc2)C1. The van der Waals surface area contributed by atoms with Crippen molar-refractivity contribution in [2.45, 2.75) is 26.3 Å². The molecule has 1 aliphatic rings. The molecule has 0 radical (unpaired) electrons. The summed E-state index contributed by atoms with van der Waals surface area (Å²) in [5, 5.41) is 3.25. The Balaban J connectivity index is 1.71. The molecular weight excluding hydrogens is 308 g/mol. The van der Waals surface area contributed by atoms with E-state index in [1.807, 2.05) is 36.4 Å². The summed E-state index contributed by atoms with van der Waals surface area (Å²) < 4.78 is 0. The highest BCUT2D eigenvalue weighted by Gasteiger charge is 2.24. The van der Waals surface area contributed by atoms with Crippen LogP contribution in [-0.2, 0) is 4.79 Å². The molecule has 1 amide bonds. The average molecular weight is 336 g/mol. The summed E-state index contributed by atoms with van der Waals surface area (Å²) in [6.07, 6.45) is 1.26. The molecule has 132 valence electrons. The lowest BCUT2D eigenvalue weighted by Crippen LogP contribution is -2.45. The molecule has 1 aliphatic heterocycles. The normalized spacial score (nSPS) is 21.2. The molecule has 1 heterocycles. The van der Waals surface area contributed by atoms with Gasteiger partial charge in [-0.2, -0.15) is 0 Å². The van der Waals surface area contributed by atoms with Crippen LogP contribution < -0.4 is 5.32 Å². The van der Waals surface area contributed by atoms with Gasteiger partial charge in [0.2, 0.25) is 5.91 Å². The Hall–Kier alpha value is -2.13. The van der Waals surface area contributed by atoms with Crippen LogP contribution in [0.2, 0.25) is 0 Å². The molecule has 3 heteroatoms. The van der Waals surface area contributed by atoms with Gasteiger partial charge in [0.15, 0.2) is 0 Å². The first-order chi connectivity index (χ1) is 12.1. The predicted molar refractivity (Wildman–Crippen MR) is 102 cm³/mol. The standard InChI is InChI=1S/C22H28N2O/c1-17-13-18(2)15-24(14-17)16-21(25)23-22(19-9-5-3-6-10-19)20-11-7-4-8-12-20/h3-12,17-18,22H,13-16H2,1-2H3,(H,23,25)/t17-,18-/m1/s1. The van der Waals surface area contributed by atoms with E-state index >= 15 is 0 Å². The zero-order valence-electron chi connectivity index (χ0n) is 15.2. The summed E-state index contributed by atoms with van der Waals surface area (Å²) >= 11 is 0. The van der Waals surface area contributed by atoms with Crippen molar-refractivity contribution in [3.8, 4) is 0 Å². The number of amides is 1.